The van der Waals surface area contributed by atoms with Gasteiger partial charge in [0.25, 0.3) is 5.91 Å². The molecule has 0 aliphatic heterocycles. The van der Waals surface area contributed by atoms with Gasteiger partial charge in [-0.1, -0.05) is 13.3 Å². The number of aliphatic imine (C=N–C) groups is 1. The molecule has 0 radical (unpaired) electrons. The van der Waals surface area contributed by atoms with E-state index < -0.39 is 0 Å². The van der Waals surface area contributed by atoms with Crippen LogP contribution in [0.25, 0.3) is 0 Å². The molecule has 0 heterocycles. The first-order valence-corrected chi connectivity index (χ1v) is 8.99. The van der Waals surface area contributed by atoms with E-state index in [0.717, 1.165) is 18.3 Å². The maximum absolute atomic E-state index is 12.1. The first-order valence-electron chi connectivity index (χ1n) is 8.99. The summed E-state index contributed by atoms with van der Waals surface area (Å²) < 4.78 is 5.09. The van der Waals surface area contributed by atoms with Crippen molar-refractivity contribution in [3.05, 3.63) is 29.8 Å². The molecule has 1 aromatic carbocycles. The number of guanidine groups is 1. The number of amides is 1. The first kappa shape index (κ1) is 19.1. The zero-order chi connectivity index (χ0) is 18.1. The third-order valence-electron chi connectivity index (χ3n) is 5.07. The fourth-order valence-corrected chi connectivity index (χ4v) is 3.03. The molecule has 0 bridgehead atoms. The summed E-state index contributed by atoms with van der Waals surface area (Å²) in [4.78, 5) is 16.3. The van der Waals surface area contributed by atoms with Gasteiger partial charge in [-0.05, 0) is 48.9 Å². The number of methoxy groups -OCH3 is 1. The second-order valence-corrected chi connectivity index (χ2v) is 6.54. The lowest BCUT2D eigenvalue weighted by Crippen LogP contribution is -2.47. The molecule has 25 heavy (non-hydrogen) atoms. The molecule has 1 saturated carbocycles. The van der Waals surface area contributed by atoms with Crippen LogP contribution in [-0.2, 0) is 0 Å². The Morgan fingerprint density at radius 2 is 1.84 bits per heavy atom. The monoisotopic (exact) mass is 346 g/mol. The molecule has 2 rings (SSSR count). The highest BCUT2D eigenvalue weighted by molar-refractivity contribution is 5.94. The van der Waals surface area contributed by atoms with Crippen LogP contribution in [0.15, 0.2) is 29.3 Å². The third kappa shape index (κ3) is 5.37. The van der Waals surface area contributed by atoms with E-state index in [2.05, 4.69) is 27.9 Å². The Kier molecular flexibility index (Phi) is 7.10. The highest BCUT2D eigenvalue weighted by Crippen LogP contribution is 2.42. The number of carbonyl (C=O) groups excluding carboxylic acids is 1. The van der Waals surface area contributed by atoms with Crippen molar-refractivity contribution in [2.45, 2.75) is 32.6 Å². The first-order chi connectivity index (χ1) is 12.1. The van der Waals surface area contributed by atoms with E-state index in [4.69, 9.17) is 4.74 Å². The van der Waals surface area contributed by atoms with E-state index in [1.165, 1.54) is 25.7 Å². The average Bonchev–Trinajstić information content (AvgIpc) is 2.62. The zero-order valence-corrected chi connectivity index (χ0v) is 15.5. The molecule has 0 saturated heterocycles. The topological polar surface area (TPSA) is 74.8 Å². The van der Waals surface area contributed by atoms with E-state index in [1.54, 1.807) is 38.4 Å². The van der Waals surface area contributed by atoms with Crippen molar-refractivity contribution in [1.29, 1.82) is 0 Å². The van der Waals surface area contributed by atoms with E-state index in [9.17, 15) is 4.79 Å². The lowest BCUT2D eigenvalue weighted by atomic mass is 9.67. The fraction of sp³-hybridized carbons (Fsp3) is 0.579. The van der Waals surface area contributed by atoms with Gasteiger partial charge < -0.3 is 20.7 Å². The normalized spacial score (nSPS) is 15.9. The Morgan fingerprint density at radius 1 is 1.16 bits per heavy atom. The SMILES string of the molecule is CCC1(CNC(=NC)NCCNC(=O)c2ccc(OC)cc2)CCC1. The quantitative estimate of drug-likeness (QED) is 0.383. The van der Waals surface area contributed by atoms with Crippen molar-refractivity contribution >= 4 is 11.9 Å². The molecule has 1 fully saturated rings. The lowest BCUT2D eigenvalue weighted by molar-refractivity contribution is 0.0954. The van der Waals surface area contributed by atoms with Crippen LogP contribution >= 0.6 is 0 Å². The average molecular weight is 346 g/mol. The molecular weight excluding hydrogens is 316 g/mol. The second-order valence-electron chi connectivity index (χ2n) is 6.54. The summed E-state index contributed by atoms with van der Waals surface area (Å²) in [6.45, 7) is 4.37. The molecule has 3 N–H and O–H groups in total. The third-order valence-corrected chi connectivity index (χ3v) is 5.07. The maximum atomic E-state index is 12.1. The second kappa shape index (κ2) is 9.30. The van der Waals surface area contributed by atoms with Gasteiger partial charge in [-0.15, -0.1) is 0 Å². The number of rotatable bonds is 8. The molecule has 0 unspecified atom stereocenters. The molecule has 138 valence electrons. The van der Waals surface area contributed by atoms with Crippen LogP contribution in [0, 0.1) is 5.41 Å². The smallest absolute Gasteiger partial charge is 0.251 e. The number of hydrogen-bond donors (Lipinski definition) is 3. The van der Waals surface area contributed by atoms with Crippen molar-refractivity contribution < 1.29 is 9.53 Å². The van der Waals surface area contributed by atoms with E-state index in [-0.39, 0.29) is 5.91 Å². The minimum Gasteiger partial charge on any atom is -0.497 e. The summed E-state index contributed by atoms with van der Waals surface area (Å²) in [7, 11) is 3.37. The summed E-state index contributed by atoms with van der Waals surface area (Å²) in [5.74, 6) is 1.44. The van der Waals surface area contributed by atoms with Crippen molar-refractivity contribution in [1.82, 2.24) is 16.0 Å². The van der Waals surface area contributed by atoms with Crippen molar-refractivity contribution in [3.8, 4) is 5.75 Å². The molecule has 1 aliphatic carbocycles. The van der Waals surface area contributed by atoms with Crippen LogP contribution in [0.4, 0.5) is 0 Å². The summed E-state index contributed by atoms with van der Waals surface area (Å²) in [5.41, 5.74) is 1.07. The summed E-state index contributed by atoms with van der Waals surface area (Å²) in [5, 5.41) is 9.55. The summed E-state index contributed by atoms with van der Waals surface area (Å²) in [6.07, 6.45) is 5.13. The van der Waals surface area contributed by atoms with Gasteiger partial charge in [-0.3, -0.25) is 9.79 Å². The molecule has 6 heteroatoms. The van der Waals surface area contributed by atoms with Gasteiger partial charge >= 0.3 is 0 Å². The Labute approximate surface area is 150 Å². The minimum atomic E-state index is -0.0909. The van der Waals surface area contributed by atoms with Gasteiger partial charge in [0, 0.05) is 32.2 Å². The molecule has 1 amide bonds. The van der Waals surface area contributed by atoms with E-state index >= 15 is 0 Å². The van der Waals surface area contributed by atoms with Gasteiger partial charge in [-0.25, -0.2) is 0 Å². The van der Waals surface area contributed by atoms with Gasteiger partial charge in [0.1, 0.15) is 5.75 Å². The van der Waals surface area contributed by atoms with E-state index in [1.807, 2.05) is 0 Å². The number of carbonyl (C=O) groups is 1. The largest absolute Gasteiger partial charge is 0.497 e. The van der Waals surface area contributed by atoms with Crippen molar-refractivity contribution in [2.75, 3.05) is 33.8 Å². The standard InChI is InChI=1S/C19H30N4O2/c1-4-19(10-5-11-19)14-23-18(20-2)22-13-12-21-17(24)15-6-8-16(25-3)9-7-15/h6-9H,4-5,10-14H2,1-3H3,(H,21,24)(H2,20,22,23). The number of benzene rings is 1. The van der Waals surface area contributed by atoms with E-state index in [0.29, 0.717) is 24.1 Å². The Hall–Kier alpha value is -2.24. The summed E-state index contributed by atoms with van der Waals surface area (Å²) >= 11 is 0. The Morgan fingerprint density at radius 3 is 2.36 bits per heavy atom. The minimum absolute atomic E-state index is 0.0909. The maximum Gasteiger partial charge on any atom is 0.251 e. The molecule has 6 nitrogen and oxygen atoms in total. The van der Waals surface area contributed by atoms with Crippen LogP contribution in [-0.4, -0.2) is 45.7 Å². The molecule has 1 aliphatic rings. The lowest BCUT2D eigenvalue weighted by Gasteiger charge is -2.41. The Balaban J connectivity index is 1.67. The van der Waals surface area contributed by atoms with Crippen LogP contribution in [0.5, 0.6) is 5.75 Å². The Bertz CT molecular complexity index is 574. The molecule has 1 aromatic rings. The predicted molar refractivity (Wildman–Crippen MR) is 101 cm³/mol. The molecular formula is C19H30N4O2. The number of nitrogens with zero attached hydrogens (tertiary/aromatic N) is 1. The highest BCUT2D eigenvalue weighted by Gasteiger charge is 2.34. The number of hydrogen-bond acceptors (Lipinski definition) is 3. The fourth-order valence-electron chi connectivity index (χ4n) is 3.03. The molecule has 0 atom stereocenters. The number of ether oxygens (including phenoxy) is 1. The van der Waals surface area contributed by atoms with Crippen LogP contribution in [0.1, 0.15) is 43.0 Å². The van der Waals surface area contributed by atoms with Gasteiger partial charge in [-0.2, -0.15) is 0 Å². The predicted octanol–water partition coefficient (Wildman–Crippen LogP) is 2.17. The molecule has 0 spiro atoms. The zero-order valence-electron chi connectivity index (χ0n) is 15.5. The van der Waals surface area contributed by atoms with Crippen molar-refractivity contribution in [2.24, 2.45) is 10.4 Å². The van der Waals surface area contributed by atoms with Crippen molar-refractivity contribution in [3.63, 3.8) is 0 Å². The highest BCUT2D eigenvalue weighted by atomic mass is 16.5. The van der Waals surface area contributed by atoms with Gasteiger partial charge in [0.15, 0.2) is 5.96 Å². The van der Waals surface area contributed by atoms with Crippen LogP contribution in [0.2, 0.25) is 0 Å². The van der Waals surface area contributed by atoms with Crippen LogP contribution in [0.3, 0.4) is 0 Å². The van der Waals surface area contributed by atoms with Crippen LogP contribution < -0.4 is 20.7 Å². The summed E-state index contributed by atoms with van der Waals surface area (Å²) in [6, 6.07) is 7.07. The number of nitrogens with one attached hydrogen (secondary N) is 3. The van der Waals surface area contributed by atoms with Gasteiger partial charge in [0.2, 0.25) is 0 Å². The molecule has 0 aromatic heterocycles. The van der Waals surface area contributed by atoms with Gasteiger partial charge in [0.05, 0.1) is 7.11 Å².